The molecule has 3 heteroatoms. The lowest BCUT2D eigenvalue weighted by molar-refractivity contribution is 0.320. The second-order valence-corrected chi connectivity index (χ2v) is 7.18. The SMILES string of the molecule is Cc1ccc(N2CC(C3CC3)NCC2C(C)C)c(Cl)c1. The van der Waals surface area contributed by atoms with E-state index in [1.807, 2.05) is 0 Å². The molecule has 0 spiro atoms. The zero-order valence-corrected chi connectivity index (χ0v) is 13.5. The molecule has 2 unspecified atom stereocenters. The summed E-state index contributed by atoms with van der Waals surface area (Å²) >= 11 is 6.51. The number of hydrogen-bond donors (Lipinski definition) is 1. The molecule has 20 heavy (non-hydrogen) atoms. The van der Waals surface area contributed by atoms with Gasteiger partial charge in [0.1, 0.15) is 0 Å². The smallest absolute Gasteiger partial charge is 0.0642 e. The zero-order chi connectivity index (χ0) is 14.3. The number of hydrogen-bond acceptors (Lipinski definition) is 2. The molecule has 1 saturated carbocycles. The maximum atomic E-state index is 6.51. The van der Waals surface area contributed by atoms with Gasteiger partial charge in [-0.3, -0.25) is 0 Å². The average Bonchev–Trinajstić information content (AvgIpc) is 3.22. The highest BCUT2D eigenvalue weighted by Crippen LogP contribution is 2.37. The van der Waals surface area contributed by atoms with E-state index < -0.39 is 0 Å². The van der Waals surface area contributed by atoms with Gasteiger partial charge in [-0.05, 0) is 49.3 Å². The average molecular weight is 293 g/mol. The van der Waals surface area contributed by atoms with Crippen molar-refractivity contribution in [2.45, 2.75) is 45.7 Å². The van der Waals surface area contributed by atoms with E-state index in [4.69, 9.17) is 11.6 Å². The fraction of sp³-hybridized carbons (Fsp3) is 0.647. The van der Waals surface area contributed by atoms with Crippen LogP contribution in [-0.2, 0) is 0 Å². The summed E-state index contributed by atoms with van der Waals surface area (Å²) < 4.78 is 0. The molecule has 2 fully saturated rings. The number of anilines is 1. The second kappa shape index (κ2) is 5.57. The Morgan fingerprint density at radius 1 is 1.30 bits per heavy atom. The van der Waals surface area contributed by atoms with Crippen molar-refractivity contribution >= 4 is 17.3 Å². The summed E-state index contributed by atoms with van der Waals surface area (Å²) in [7, 11) is 0. The van der Waals surface area contributed by atoms with Crippen molar-refractivity contribution in [2.24, 2.45) is 11.8 Å². The van der Waals surface area contributed by atoms with Crippen molar-refractivity contribution in [3.8, 4) is 0 Å². The van der Waals surface area contributed by atoms with Crippen LogP contribution >= 0.6 is 11.6 Å². The number of benzene rings is 1. The zero-order valence-electron chi connectivity index (χ0n) is 12.7. The predicted octanol–water partition coefficient (Wildman–Crippen LogP) is 3.86. The largest absolute Gasteiger partial charge is 0.364 e. The van der Waals surface area contributed by atoms with Gasteiger partial charge in [-0.15, -0.1) is 0 Å². The third-order valence-corrected chi connectivity index (χ3v) is 5.06. The summed E-state index contributed by atoms with van der Waals surface area (Å²) in [6.07, 6.45) is 2.78. The maximum absolute atomic E-state index is 6.51. The monoisotopic (exact) mass is 292 g/mol. The van der Waals surface area contributed by atoms with Crippen LogP contribution in [0.4, 0.5) is 5.69 Å². The van der Waals surface area contributed by atoms with Gasteiger partial charge >= 0.3 is 0 Å². The normalized spacial score (nSPS) is 27.1. The first-order valence-electron chi connectivity index (χ1n) is 7.82. The van der Waals surface area contributed by atoms with Gasteiger partial charge < -0.3 is 10.2 Å². The molecule has 1 aromatic carbocycles. The van der Waals surface area contributed by atoms with Crippen molar-refractivity contribution in [1.82, 2.24) is 5.32 Å². The van der Waals surface area contributed by atoms with Gasteiger partial charge in [-0.25, -0.2) is 0 Å². The van der Waals surface area contributed by atoms with E-state index in [0.717, 1.165) is 24.0 Å². The van der Waals surface area contributed by atoms with Crippen LogP contribution in [0.3, 0.4) is 0 Å². The summed E-state index contributed by atoms with van der Waals surface area (Å²) in [6.45, 7) is 8.87. The summed E-state index contributed by atoms with van der Waals surface area (Å²) in [5.74, 6) is 1.51. The third-order valence-electron chi connectivity index (χ3n) is 4.76. The van der Waals surface area contributed by atoms with Crippen LogP contribution in [0.15, 0.2) is 18.2 Å². The Morgan fingerprint density at radius 3 is 2.65 bits per heavy atom. The lowest BCUT2D eigenvalue weighted by Crippen LogP contribution is -2.59. The molecule has 1 aromatic rings. The van der Waals surface area contributed by atoms with Crippen molar-refractivity contribution < 1.29 is 0 Å². The van der Waals surface area contributed by atoms with Crippen LogP contribution in [0.1, 0.15) is 32.3 Å². The van der Waals surface area contributed by atoms with Gasteiger partial charge in [0.25, 0.3) is 0 Å². The number of nitrogens with one attached hydrogen (secondary N) is 1. The number of halogens is 1. The van der Waals surface area contributed by atoms with Crippen molar-refractivity contribution in [2.75, 3.05) is 18.0 Å². The van der Waals surface area contributed by atoms with Gasteiger partial charge in [0.2, 0.25) is 0 Å². The molecule has 1 N–H and O–H groups in total. The standard InChI is InChI=1S/C17H25ClN2/c1-11(2)17-9-19-15(13-5-6-13)10-20(17)16-7-4-12(3)8-14(16)18/h4,7-8,11,13,15,17,19H,5-6,9-10H2,1-3H3. The van der Waals surface area contributed by atoms with Crippen LogP contribution in [0.2, 0.25) is 5.02 Å². The molecule has 0 bridgehead atoms. The van der Waals surface area contributed by atoms with E-state index in [0.29, 0.717) is 18.0 Å². The fourth-order valence-corrected chi connectivity index (χ4v) is 3.67. The Bertz CT molecular complexity index is 482. The Balaban J connectivity index is 1.87. The molecule has 2 nitrogen and oxygen atoms in total. The summed E-state index contributed by atoms with van der Waals surface area (Å²) in [5.41, 5.74) is 2.44. The molecule has 0 radical (unpaired) electrons. The van der Waals surface area contributed by atoms with Crippen molar-refractivity contribution in [3.05, 3.63) is 28.8 Å². The van der Waals surface area contributed by atoms with E-state index in [1.54, 1.807) is 0 Å². The van der Waals surface area contributed by atoms with Gasteiger partial charge in [0.15, 0.2) is 0 Å². The Kier molecular flexibility index (Phi) is 3.96. The first-order chi connectivity index (χ1) is 9.56. The van der Waals surface area contributed by atoms with Gasteiger partial charge in [-0.1, -0.05) is 31.5 Å². The molecule has 2 aliphatic rings. The Hall–Kier alpha value is -0.730. The lowest BCUT2D eigenvalue weighted by atomic mass is 9.96. The summed E-state index contributed by atoms with van der Waals surface area (Å²) in [6, 6.07) is 7.63. The highest BCUT2D eigenvalue weighted by Gasteiger charge is 2.38. The third kappa shape index (κ3) is 2.82. The number of nitrogens with zero attached hydrogens (tertiary/aromatic N) is 1. The van der Waals surface area contributed by atoms with E-state index in [2.05, 4.69) is 49.2 Å². The molecule has 1 saturated heterocycles. The van der Waals surface area contributed by atoms with E-state index in [9.17, 15) is 0 Å². The summed E-state index contributed by atoms with van der Waals surface area (Å²) in [5, 5.41) is 4.65. The van der Waals surface area contributed by atoms with E-state index in [-0.39, 0.29) is 0 Å². The Labute approximate surface area is 127 Å². The quantitative estimate of drug-likeness (QED) is 0.910. The molecule has 1 aliphatic heterocycles. The molecular weight excluding hydrogens is 268 g/mol. The molecule has 2 atom stereocenters. The van der Waals surface area contributed by atoms with Crippen LogP contribution in [0.5, 0.6) is 0 Å². The molecule has 0 amide bonds. The molecule has 110 valence electrons. The minimum absolute atomic E-state index is 0.533. The van der Waals surface area contributed by atoms with Crippen molar-refractivity contribution in [1.29, 1.82) is 0 Å². The fourth-order valence-electron chi connectivity index (χ4n) is 3.33. The van der Waals surface area contributed by atoms with Gasteiger partial charge in [-0.2, -0.15) is 0 Å². The molecule has 1 aliphatic carbocycles. The minimum Gasteiger partial charge on any atom is -0.364 e. The highest BCUT2D eigenvalue weighted by molar-refractivity contribution is 6.33. The lowest BCUT2D eigenvalue weighted by Gasteiger charge is -2.44. The number of rotatable bonds is 3. The second-order valence-electron chi connectivity index (χ2n) is 6.77. The van der Waals surface area contributed by atoms with Crippen LogP contribution in [0, 0.1) is 18.8 Å². The molecule has 3 rings (SSSR count). The Morgan fingerprint density at radius 2 is 2.05 bits per heavy atom. The predicted molar refractivity (Wildman–Crippen MR) is 86.7 cm³/mol. The van der Waals surface area contributed by atoms with E-state index in [1.165, 1.54) is 24.1 Å². The number of piperazine rings is 1. The maximum Gasteiger partial charge on any atom is 0.0642 e. The van der Waals surface area contributed by atoms with Crippen LogP contribution < -0.4 is 10.2 Å². The first-order valence-corrected chi connectivity index (χ1v) is 8.20. The van der Waals surface area contributed by atoms with E-state index >= 15 is 0 Å². The highest BCUT2D eigenvalue weighted by atomic mass is 35.5. The van der Waals surface area contributed by atoms with Crippen molar-refractivity contribution in [3.63, 3.8) is 0 Å². The minimum atomic E-state index is 0.533. The van der Waals surface area contributed by atoms with Gasteiger partial charge in [0, 0.05) is 25.2 Å². The number of aryl methyl sites for hydroxylation is 1. The first kappa shape index (κ1) is 14.2. The molecular formula is C17H25ClN2. The summed E-state index contributed by atoms with van der Waals surface area (Å²) in [4.78, 5) is 2.55. The topological polar surface area (TPSA) is 15.3 Å². The van der Waals surface area contributed by atoms with Crippen LogP contribution in [-0.4, -0.2) is 25.2 Å². The van der Waals surface area contributed by atoms with Crippen LogP contribution in [0.25, 0.3) is 0 Å². The molecule has 0 aromatic heterocycles. The van der Waals surface area contributed by atoms with Gasteiger partial charge in [0.05, 0.1) is 10.7 Å². The molecule has 1 heterocycles.